The molecule has 0 saturated carbocycles. The Bertz CT molecular complexity index is 759. The number of nitrogens with one attached hydrogen (secondary N) is 2. The largest absolute Gasteiger partial charge is 0.381 e. The molecule has 1 fully saturated rings. The molecule has 0 unspecified atom stereocenters. The zero-order chi connectivity index (χ0) is 19.1. The van der Waals surface area contributed by atoms with Crippen molar-refractivity contribution in [3.05, 3.63) is 59.1 Å². The van der Waals surface area contributed by atoms with Gasteiger partial charge in [0.25, 0.3) is 5.91 Å². The minimum atomic E-state index is -0.120. The third-order valence-electron chi connectivity index (χ3n) is 5.01. The van der Waals surface area contributed by atoms with Gasteiger partial charge in [-0.3, -0.25) is 4.79 Å². The molecule has 27 heavy (non-hydrogen) atoms. The topological polar surface area (TPSA) is 50.4 Å². The van der Waals surface area contributed by atoms with E-state index in [1.807, 2.05) is 43.4 Å². The summed E-state index contributed by atoms with van der Waals surface area (Å²) in [6.45, 7) is 2.26. The number of carbonyl (C=O) groups excluding carboxylic acids is 1. The van der Waals surface area contributed by atoms with E-state index in [0.29, 0.717) is 23.0 Å². The maximum Gasteiger partial charge on any atom is 0.252 e. The maximum absolute atomic E-state index is 12.8. The molecule has 2 aromatic rings. The fourth-order valence-corrected chi connectivity index (χ4v) is 3.71. The summed E-state index contributed by atoms with van der Waals surface area (Å²) in [6, 6.07) is 16.4. The number of carbonyl (C=O) groups is 1. The Labute approximate surface area is 166 Å². The lowest BCUT2D eigenvalue weighted by atomic mass is 9.94. The lowest BCUT2D eigenvalue weighted by Crippen LogP contribution is -2.41. The van der Waals surface area contributed by atoms with Crippen molar-refractivity contribution in [2.75, 3.05) is 26.8 Å². The van der Waals surface area contributed by atoms with Crippen molar-refractivity contribution >= 4 is 17.5 Å². The first-order valence-electron chi connectivity index (χ1n) is 9.47. The summed E-state index contributed by atoms with van der Waals surface area (Å²) in [5, 5.41) is 7.02. The van der Waals surface area contributed by atoms with Crippen LogP contribution in [0.5, 0.6) is 0 Å². The highest BCUT2D eigenvalue weighted by Crippen LogP contribution is 2.26. The molecule has 0 spiro atoms. The normalized spacial score (nSPS) is 18.1. The molecular formula is C22H26ClN2O2. The summed E-state index contributed by atoms with van der Waals surface area (Å²) in [7, 11) is 1.94. The van der Waals surface area contributed by atoms with Crippen molar-refractivity contribution in [3.8, 4) is 11.1 Å². The number of likely N-dealkylation sites (N-methyl/N-ethyl adjacent to an activating group) is 1. The van der Waals surface area contributed by atoms with Gasteiger partial charge in [-0.05, 0) is 61.6 Å². The molecule has 4 nitrogen and oxygen atoms in total. The molecule has 143 valence electrons. The number of ether oxygens (including phenoxy) is 1. The summed E-state index contributed by atoms with van der Waals surface area (Å²) < 4.78 is 5.57. The molecule has 2 N–H and O–H groups in total. The van der Waals surface area contributed by atoms with E-state index in [9.17, 15) is 4.79 Å². The van der Waals surface area contributed by atoms with Gasteiger partial charge in [0.05, 0.1) is 5.56 Å². The molecule has 1 aliphatic rings. The number of rotatable bonds is 7. The van der Waals surface area contributed by atoms with Gasteiger partial charge >= 0.3 is 0 Å². The standard InChI is InChI=1S/C22H26ClN2O2/c1-24-19(12-16-6-5-11-27-15-16)14-25-22(26)21-10-3-2-9-20(21)17-7-4-8-18(23)13-17/h2-4,7-9,13,16,19,24H,5-6,11-12,14-15H2,1H3,(H,25,26)/t16-,19-/m0/s1. The summed E-state index contributed by atoms with van der Waals surface area (Å²) >= 11 is 6.11. The Kier molecular flexibility index (Phi) is 7.27. The molecule has 1 amide bonds. The van der Waals surface area contributed by atoms with E-state index in [1.165, 1.54) is 6.42 Å². The summed E-state index contributed by atoms with van der Waals surface area (Å²) in [5.41, 5.74) is 2.28. The number of benzene rings is 2. The van der Waals surface area contributed by atoms with Gasteiger partial charge in [-0.1, -0.05) is 41.9 Å². The van der Waals surface area contributed by atoms with E-state index in [2.05, 4.69) is 16.7 Å². The van der Waals surface area contributed by atoms with Crippen LogP contribution in [0.3, 0.4) is 0 Å². The SMILES string of the molecule is CN[C@H](CNC(=O)c1[c]cccc1-c1cccc(Cl)c1)C[C@@H]1CCCOC1. The van der Waals surface area contributed by atoms with Crippen LogP contribution in [0.25, 0.3) is 11.1 Å². The molecule has 1 aliphatic heterocycles. The molecule has 0 bridgehead atoms. The Morgan fingerprint density at radius 3 is 3.00 bits per heavy atom. The zero-order valence-corrected chi connectivity index (χ0v) is 16.4. The van der Waals surface area contributed by atoms with Crippen LogP contribution in [-0.2, 0) is 4.74 Å². The van der Waals surface area contributed by atoms with E-state index in [4.69, 9.17) is 16.3 Å². The number of hydrogen-bond acceptors (Lipinski definition) is 3. The van der Waals surface area contributed by atoms with Crippen LogP contribution in [0.1, 0.15) is 29.6 Å². The number of halogens is 1. The van der Waals surface area contributed by atoms with Crippen molar-refractivity contribution in [3.63, 3.8) is 0 Å². The Hall–Kier alpha value is -1.88. The van der Waals surface area contributed by atoms with E-state index < -0.39 is 0 Å². The summed E-state index contributed by atoms with van der Waals surface area (Å²) in [4.78, 5) is 12.8. The number of hydrogen-bond donors (Lipinski definition) is 2. The Morgan fingerprint density at radius 2 is 2.26 bits per heavy atom. The minimum Gasteiger partial charge on any atom is -0.381 e. The average Bonchev–Trinajstić information content (AvgIpc) is 2.71. The van der Waals surface area contributed by atoms with E-state index in [0.717, 1.165) is 37.2 Å². The van der Waals surface area contributed by atoms with Gasteiger partial charge in [-0.15, -0.1) is 0 Å². The van der Waals surface area contributed by atoms with E-state index in [1.54, 1.807) is 6.07 Å². The van der Waals surface area contributed by atoms with Gasteiger partial charge in [-0.2, -0.15) is 0 Å². The van der Waals surface area contributed by atoms with Gasteiger partial charge < -0.3 is 15.4 Å². The first-order valence-corrected chi connectivity index (χ1v) is 9.85. The van der Waals surface area contributed by atoms with Gasteiger partial charge in [-0.25, -0.2) is 0 Å². The van der Waals surface area contributed by atoms with Crippen molar-refractivity contribution in [1.29, 1.82) is 0 Å². The third-order valence-corrected chi connectivity index (χ3v) is 5.24. The monoisotopic (exact) mass is 385 g/mol. The highest BCUT2D eigenvalue weighted by molar-refractivity contribution is 6.30. The fraction of sp³-hybridized carbons (Fsp3) is 0.409. The molecule has 0 aromatic heterocycles. The molecule has 3 rings (SSSR count). The first-order chi connectivity index (χ1) is 13.2. The van der Waals surface area contributed by atoms with Crippen LogP contribution in [0.4, 0.5) is 0 Å². The highest BCUT2D eigenvalue weighted by atomic mass is 35.5. The maximum atomic E-state index is 12.8. The minimum absolute atomic E-state index is 0.120. The molecule has 1 saturated heterocycles. The number of amides is 1. The van der Waals surface area contributed by atoms with E-state index in [-0.39, 0.29) is 11.9 Å². The van der Waals surface area contributed by atoms with Crippen molar-refractivity contribution in [2.24, 2.45) is 5.92 Å². The third kappa shape index (κ3) is 5.55. The van der Waals surface area contributed by atoms with Crippen molar-refractivity contribution < 1.29 is 9.53 Å². The second-order valence-electron chi connectivity index (χ2n) is 6.98. The van der Waals surface area contributed by atoms with Crippen LogP contribution in [0.15, 0.2) is 42.5 Å². The van der Waals surface area contributed by atoms with Gasteiger partial charge in [0.1, 0.15) is 0 Å². The molecular weight excluding hydrogens is 360 g/mol. The lowest BCUT2D eigenvalue weighted by Gasteiger charge is -2.26. The van der Waals surface area contributed by atoms with Gasteiger partial charge in [0.15, 0.2) is 0 Å². The van der Waals surface area contributed by atoms with Crippen molar-refractivity contribution in [1.82, 2.24) is 10.6 Å². The first kappa shape index (κ1) is 19.9. The predicted molar refractivity (Wildman–Crippen MR) is 109 cm³/mol. The quantitative estimate of drug-likeness (QED) is 0.758. The van der Waals surface area contributed by atoms with Crippen LogP contribution < -0.4 is 10.6 Å². The van der Waals surface area contributed by atoms with Crippen LogP contribution in [0.2, 0.25) is 5.02 Å². The Morgan fingerprint density at radius 1 is 1.37 bits per heavy atom. The zero-order valence-electron chi connectivity index (χ0n) is 15.6. The molecule has 5 heteroatoms. The molecule has 2 atom stereocenters. The second-order valence-corrected chi connectivity index (χ2v) is 7.42. The van der Waals surface area contributed by atoms with Crippen molar-refractivity contribution in [2.45, 2.75) is 25.3 Å². The Balaban J connectivity index is 1.65. The smallest absolute Gasteiger partial charge is 0.252 e. The second kappa shape index (κ2) is 9.88. The molecule has 0 aliphatic carbocycles. The predicted octanol–water partition coefficient (Wildman–Crippen LogP) is 3.94. The van der Waals surface area contributed by atoms with Crippen LogP contribution in [-0.4, -0.2) is 38.8 Å². The average molecular weight is 386 g/mol. The highest BCUT2D eigenvalue weighted by Gasteiger charge is 2.20. The lowest BCUT2D eigenvalue weighted by molar-refractivity contribution is 0.0478. The van der Waals surface area contributed by atoms with Crippen LogP contribution in [0, 0.1) is 12.0 Å². The molecule has 2 aromatic carbocycles. The molecule has 1 radical (unpaired) electrons. The fourth-order valence-electron chi connectivity index (χ4n) is 3.52. The molecule has 1 heterocycles. The van der Waals surface area contributed by atoms with Crippen LogP contribution >= 0.6 is 11.6 Å². The van der Waals surface area contributed by atoms with Gasteiger partial charge in [0, 0.05) is 30.8 Å². The summed E-state index contributed by atoms with van der Waals surface area (Å²) in [6.07, 6.45) is 3.31. The van der Waals surface area contributed by atoms with E-state index >= 15 is 0 Å². The van der Waals surface area contributed by atoms with Gasteiger partial charge in [0.2, 0.25) is 0 Å². The summed E-state index contributed by atoms with van der Waals surface area (Å²) in [5.74, 6) is 0.434.